The Balaban J connectivity index is 2.02. The van der Waals surface area contributed by atoms with E-state index in [0.717, 1.165) is 6.42 Å². The Kier molecular flexibility index (Phi) is 4.68. The quantitative estimate of drug-likeness (QED) is 0.602. The molecule has 100 valence electrons. The number of nitrogens with zero attached hydrogens (tertiary/aromatic N) is 3. The molecule has 0 aliphatic carbocycles. The van der Waals surface area contributed by atoms with Crippen molar-refractivity contribution < 1.29 is 9.18 Å². The highest BCUT2D eigenvalue weighted by atomic mass is 32.2. The van der Waals surface area contributed by atoms with E-state index in [2.05, 4.69) is 10.1 Å². The number of benzene rings is 1. The number of carbonyl (C=O) groups excluding carboxylic acids is 1. The van der Waals surface area contributed by atoms with Gasteiger partial charge in [0.2, 0.25) is 5.78 Å². The molecule has 0 radical (unpaired) electrons. The fourth-order valence-corrected chi connectivity index (χ4v) is 2.42. The number of aryl methyl sites for hydroxylation is 1. The fraction of sp³-hybridized carbons (Fsp3) is 0.308. The number of hydrogen-bond donors (Lipinski definition) is 0. The Morgan fingerprint density at radius 3 is 2.95 bits per heavy atom. The average molecular weight is 279 g/mol. The SMILES string of the molecule is CCCn1ncnc1C(=O)CSc1ccccc1F. The second kappa shape index (κ2) is 6.47. The molecule has 1 heterocycles. The molecule has 0 saturated heterocycles. The van der Waals surface area contributed by atoms with Gasteiger partial charge in [-0.2, -0.15) is 5.10 Å². The van der Waals surface area contributed by atoms with E-state index in [1.807, 2.05) is 6.92 Å². The molecule has 0 fully saturated rings. The summed E-state index contributed by atoms with van der Waals surface area (Å²) in [5, 5.41) is 4.00. The Hall–Kier alpha value is -1.69. The van der Waals surface area contributed by atoms with Crippen molar-refractivity contribution in [1.82, 2.24) is 14.8 Å². The molecule has 0 spiro atoms. The van der Waals surface area contributed by atoms with Gasteiger partial charge in [-0.05, 0) is 18.6 Å². The minimum absolute atomic E-state index is 0.140. The first kappa shape index (κ1) is 13.7. The van der Waals surface area contributed by atoms with E-state index in [9.17, 15) is 9.18 Å². The van der Waals surface area contributed by atoms with Crippen molar-refractivity contribution in [2.75, 3.05) is 5.75 Å². The monoisotopic (exact) mass is 279 g/mol. The second-order valence-electron chi connectivity index (χ2n) is 3.95. The van der Waals surface area contributed by atoms with Crippen LogP contribution in [0.25, 0.3) is 0 Å². The molecule has 0 aliphatic rings. The highest BCUT2D eigenvalue weighted by molar-refractivity contribution is 8.00. The largest absolute Gasteiger partial charge is 0.290 e. The maximum Gasteiger partial charge on any atom is 0.209 e. The van der Waals surface area contributed by atoms with Crippen LogP contribution < -0.4 is 0 Å². The third-order valence-corrected chi connectivity index (χ3v) is 3.54. The third-order valence-electron chi connectivity index (χ3n) is 2.50. The lowest BCUT2D eigenvalue weighted by Crippen LogP contribution is -2.13. The Morgan fingerprint density at radius 2 is 2.21 bits per heavy atom. The van der Waals surface area contributed by atoms with E-state index in [-0.39, 0.29) is 17.4 Å². The zero-order chi connectivity index (χ0) is 13.7. The van der Waals surface area contributed by atoms with E-state index in [1.165, 1.54) is 24.2 Å². The van der Waals surface area contributed by atoms with Gasteiger partial charge in [-0.3, -0.25) is 4.79 Å². The molecule has 0 bridgehead atoms. The summed E-state index contributed by atoms with van der Waals surface area (Å²) >= 11 is 1.17. The molecule has 0 saturated carbocycles. The van der Waals surface area contributed by atoms with Gasteiger partial charge in [0, 0.05) is 11.4 Å². The minimum Gasteiger partial charge on any atom is -0.290 e. The van der Waals surface area contributed by atoms with E-state index >= 15 is 0 Å². The molecule has 1 aromatic carbocycles. The molecule has 0 N–H and O–H groups in total. The lowest BCUT2D eigenvalue weighted by Gasteiger charge is -2.04. The van der Waals surface area contributed by atoms with Gasteiger partial charge < -0.3 is 0 Å². The lowest BCUT2D eigenvalue weighted by molar-refractivity contribution is 0.100. The van der Waals surface area contributed by atoms with Crippen molar-refractivity contribution in [2.24, 2.45) is 0 Å². The molecule has 6 heteroatoms. The van der Waals surface area contributed by atoms with Crippen LogP contribution >= 0.6 is 11.8 Å². The number of Topliss-reactive ketones (excluding diaryl/α,β-unsaturated/α-hetero) is 1. The van der Waals surface area contributed by atoms with Crippen molar-refractivity contribution in [2.45, 2.75) is 24.8 Å². The molecule has 0 aliphatic heterocycles. The van der Waals surface area contributed by atoms with Crippen LogP contribution in [0.4, 0.5) is 4.39 Å². The molecular formula is C13H14FN3OS. The zero-order valence-electron chi connectivity index (χ0n) is 10.5. The Morgan fingerprint density at radius 1 is 1.42 bits per heavy atom. The van der Waals surface area contributed by atoms with Crippen molar-refractivity contribution in [3.8, 4) is 0 Å². The molecule has 2 aromatic rings. The van der Waals surface area contributed by atoms with Crippen molar-refractivity contribution in [3.05, 3.63) is 42.2 Å². The van der Waals surface area contributed by atoms with Crippen molar-refractivity contribution in [1.29, 1.82) is 0 Å². The van der Waals surface area contributed by atoms with Crippen LogP contribution in [0, 0.1) is 5.82 Å². The minimum atomic E-state index is -0.310. The summed E-state index contributed by atoms with van der Waals surface area (Å²) in [6.45, 7) is 2.66. The number of halogens is 1. The number of hydrogen-bond acceptors (Lipinski definition) is 4. The van der Waals surface area contributed by atoms with Crippen molar-refractivity contribution in [3.63, 3.8) is 0 Å². The number of rotatable bonds is 6. The van der Waals surface area contributed by atoms with Gasteiger partial charge >= 0.3 is 0 Å². The van der Waals surface area contributed by atoms with Gasteiger partial charge in [-0.15, -0.1) is 11.8 Å². The van der Waals surface area contributed by atoms with Crippen molar-refractivity contribution >= 4 is 17.5 Å². The fourth-order valence-electron chi connectivity index (χ4n) is 1.63. The maximum absolute atomic E-state index is 13.4. The number of aromatic nitrogens is 3. The standard InChI is InChI=1S/C13H14FN3OS/c1-2-7-17-13(15-9-16-17)11(18)8-19-12-6-4-3-5-10(12)14/h3-6,9H,2,7-8H2,1H3. The Bertz CT molecular complexity index is 571. The van der Waals surface area contributed by atoms with E-state index in [4.69, 9.17) is 0 Å². The lowest BCUT2D eigenvalue weighted by atomic mass is 10.3. The summed E-state index contributed by atoms with van der Waals surface area (Å²) in [7, 11) is 0. The average Bonchev–Trinajstić information content (AvgIpc) is 2.86. The predicted octanol–water partition coefficient (Wildman–Crippen LogP) is 2.80. The van der Waals surface area contributed by atoms with E-state index in [0.29, 0.717) is 17.3 Å². The molecule has 19 heavy (non-hydrogen) atoms. The Labute approximate surface area is 115 Å². The molecule has 4 nitrogen and oxygen atoms in total. The molecule has 0 unspecified atom stereocenters. The third kappa shape index (κ3) is 3.41. The van der Waals surface area contributed by atoms with Crippen LogP contribution in [0.5, 0.6) is 0 Å². The second-order valence-corrected chi connectivity index (χ2v) is 4.97. The molecule has 0 amide bonds. The maximum atomic E-state index is 13.4. The first-order valence-corrected chi connectivity index (χ1v) is 6.99. The van der Waals surface area contributed by atoms with Crippen LogP contribution in [0.15, 0.2) is 35.5 Å². The van der Waals surface area contributed by atoms with Crippen LogP contribution in [-0.2, 0) is 6.54 Å². The van der Waals surface area contributed by atoms with Gasteiger partial charge in [0.15, 0.2) is 5.82 Å². The number of thioether (sulfide) groups is 1. The van der Waals surface area contributed by atoms with Gasteiger partial charge in [0.25, 0.3) is 0 Å². The van der Waals surface area contributed by atoms with Crippen LogP contribution in [-0.4, -0.2) is 26.3 Å². The summed E-state index contributed by atoms with van der Waals surface area (Å²) in [6, 6.07) is 6.41. The topological polar surface area (TPSA) is 47.8 Å². The highest BCUT2D eigenvalue weighted by Gasteiger charge is 2.14. The molecule has 0 atom stereocenters. The normalized spacial score (nSPS) is 10.6. The van der Waals surface area contributed by atoms with E-state index < -0.39 is 0 Å². The van der Waals surface area contributed by atoms with E-state index in [1.54, 1.807) is 22.9 Å². The zero-order valence-corrected chi connectivity index (χ0v) is 11.4. The summed E-state index contributed by atoms with van der Waals surface area (Å²) in [4.78, 5) is 16.5. The van der Waals surface area contributed by atoms with Gasteiger partial charge in [0.1, 0.15) is 12.1 Å². The molecule has 2 rings (SSSR count). The predicted molar refractivity (Wildman–Crippen MR) is 71.8 cm³/mol. The van der Waals surface area contributed by atoms with Gasteiger partial charge in [-0.1, -0.05) is 19.1 Å². The highest BCUT2D eigenvalue weighted by Crippen LogP contribution is 2.21. The summed E-state index contributed by atoms with van der Waals surface area (Å²) in [6.07, 6.45) is 2.25. The molecule has 1 aromatic heterocycles. The number of carbonyl (C=O) groups is 1. The number of ketones is 1. The summed E-state index contributed by atoms with van der Waals surface area (Å²) in [5.41, 5.74) is 0. The summed E-state index contributed by atoms with van der Waals surface area (Å²) in [5.74, 6) is 0.0452. The van der Waals surface area contributed by atoms with Gasteiger partial charge in [-0.25, -0.2) is 14.1 Å². The first-order chi connectivity index (χ1) is 9.22. The first-order valence-electron chi connectivity index (χ1n) is 6.00. The van der Waals surface area contributed by atoms with Gasteiger partial charge in [0.05, 0.1) is 5.75 Å². The van der Waals surface area contributed by atoms with Crippen LogP contribution in [0.1, 0.15) is 24.0 Å². The van der Waals surface area contributed by atoms with Crippen LogP contribution in [0.2, 0.25) is 0 Å². The summed E-state index contributed by atoms with van der Waals surface area (Å²) < 4.78 is 15.0. The molecular weight excluding hydrogens is 265 g/mol. The smallest absolute Gasteiger partial charge is 0.209 e. The van der Waals surface area contributed by atoms with Crippen LogP contribution in [0.3, 0.4) is 0 Å².